The summed E-state index contributed by atoms with van der Waals surface area (Å²) < 4.78 is 28.8. The third kappa shape index (κ3) is 2.54. The highest BCUT2D eigenvalue weighted by atomic mass is 32.2. The highest BCUT2D eigenvalue weighted by Crippen LogP contribution is 2.29. The SMILES string of the molecule is CCNc1nc2sccn2c1S(=O)(=O)N1CCCC(O)C1. The van der Waals surface area contributed by atoms with Crippen molar-refractivity contribution in [3.8, 4) is 0 Å². The number of anilines is 1. The van der Waals surface area contributed by atoms with E-state index >= 15 is 0 Å². The van der Waals surface area contributed by atoms with Crippen molar-refractivity contribution in [3.63, 3.8) is 0 Å². The lowest BCUT2D eigenvalue weighted by atomic mass is 10.1. The first kappa shape index (κ1) is 14.8. The van der Waals surface area contributed by atoms with Gasteiger partial charge in [-0.15, -0.1) is 11.3 Å². The molecule has 7 nitrogen and oxygen atoms in total. The first-order chi connectivity index (χ1) is 10.0. The highest BCUT2D eigenvalue weighted by molar-refractivity contribution is 7.89. The summed E-state index contributed by atoms with van der Waals surface area (Å²) in [4.78, 5) is 4.99. The van der Waals surface area contributed by atoms with Gasteiger partial charge in [-0.25, -0.2) is 13.4 Å². The van der Waals surface area contributed by atoms with Gasteiger partial charge in [0.05, 0.1) is 6.10 Å². The molecule has 0 bridgehead atoms. The Morgan fingerprint density at radius 2 is 2.38 bits per heavy atom. The molecule has 0 aliphatic carbocycles. The Hall–Kier alpha value is -1.16. The fourth-order valence-electron chi connectivity index (χ4n) is 2.56. The summed E-state index contributed by atoms with van der Waals surface area (Å²) in [6, 6.07) is 0. The molecule has 1 saturated heterocycles. The number of hydrogen-bond acceptors (Lipinski definition) is 6. The van der Waals surface area contributed by atoms with Crippen molar-refractivity contribution >= 4 is 32.1 Å². The zero-order valence-corrected chi connectivity index (χ0v) is 13.3. The average molecular weight is 330 g/mol. The lowest BCUT2D eigenvalue weighted by molar-refractivity contribution is 0.108. The largest absolute Gasteiger partial charge is 0.392 e. The van der Waals surface area contributed by atoms with Crippen LogP contribution in [0.3, 0.4) is 0 Å². The molecule has 1 atom stereocenters. The summed E-state index contributed by atoms with van der Waals surface area (Å²) in [5, 5.41) is 14.7. The van der Waals surface area contributed by atoms with E-state index in [1.165, 1.54) is 15.6 Å². The van der Waals surface area contributed by atoms with Gasteiger partial charge < -0.3 is 10.4 Å². The van der Waals surface area contributed by atoms with E-state index < -0.39 is 16.1 Å². The maximum absolute atomic E-state index is 12.9. The number of fused-ring (bicyclic) bond motifs is 1. The van der Waals surface area contributed by atoms with E-state index in [1.54, 1.807) is 10.6 Å². The van der Waals surface area contributed by atoms with Crippen molar-refractivity contribution in [1.29, 1.82) is 0 Å². The van der Waals surface area contributed by atoms with Crippen LogP contribution in [0, 0.1) is 0 Å². The third-order valence-corrected chi connectivity index (χ3v) is 6.15. The van der Waals surface area contributed by atoms with Gasteiger partial charge in [0.1, 0.15) is 0 Å². The normalized spacial score (nSPS) is 21.0. The minimum atomic E-state index is -3.68. The molecule has 0 aromatic carbocycles. The van der Waals surface area contributed by atoms with E-state index in [0.29, 0.717) is 36.7 Å². The second kappa shape index (κ2) is 5.56. The van der Waals surface area contributed by atoms with Crippen LogP contribution in [0.5, 0.6) is 0 Å². The number of aromatic nitrogens is 2. The average Bonchev–Trinajstić information content (AvgIpc) is 2.99. The van der Waals surface area contributed by atoms with Crippen LogP contribution in [0.15, 0.2) is 16.6 Å². The predicted molar refractivity (Wildman–Crippen MR) is 81.2 cm³/mol. The van der Waals surface area contributed by atoms with Gasteiger partial charge in [0.2, 0.25) is 0 Å². The van der Waals surface area contributed by atoms with Crippen LogP contribution in [0.1, 0.15) is 19.8 Å². The molecule has 9 heteroatoms. The topological polar surface area (TPSA) is 86.9 Å². The number of aliphatic hydroxyl groups is 1. The minimum absolute atomic E-state index is 0.144. The summed E-state index contributed by atoms with van der Waals surface area (Å²) in [5.41, 5.74) is 0. The zero-order chi connectivity index (χ0) is 15.0. The lowest BCUT2D eigenvalue weighted by Crippen LogP contribution is -2.42. The van der Waals surface area contributed by atoms with Crippen LogP contribution >= 0.6 is 11.3 Å². The predicted octanol–water partition coefficient (Wildman–Crippen LogP) is 0.973. The second-order valence-electron chi connectivity index (χ2n) is 5.01. The van der Waals surface area contributed by atoms with Gasteiger partial charge in [-0.3, -0.25) is 4.40 Å². The van der Waals surface area contributed by atoms with Gasteiger partial charge in [-0.2, -0.15) is 4.31 Å². The standard InChI is InChI=1S/C12H18N4O3S2/c1-2-13-10-11(16-6-7-20-12(16)14-10)21(18,19)15-5-3-4-9(17)8-15/h6-7,9,13,17H,2-5,8H2,1H3. The number of imidazole rings is 1. The number of sulfonamides is 1. The summed E-state index contributed by atoms with van der Waals surface area (Å²) in [7, 11) is -3.68. The molecule has 2 N–H and O–H groups in total. The Labute approximate surface area is 127 Å². The molecule has 3 heterocycles. The quantitative estimate of drug-likeness (QED) is 0.872. The summed E-state index contributed by atoms with van der Waals surface area (Å²) in [6.45, 7) is 3.07. The van der Waals surface area contributed by atoms with Gasteiger partial charge in [0.15, 0.2) is 15.8 Å². The molecule has 1 aliphatic rings. The Kier molecular flexibility index (Phi) is 3.91. The van der Waals surface area contributed by atoms with Crippen LogP contribution in [0.2, 0.25) is 0 Å². The third-order valence-electron chi connectivity index (χ3n) is 3.51. The van der Waals surface area contributed by atoms with Crippen LogP contribution in [0.25, 0.3) is 4.96 Å². The van der Waals surface area contributed by atoms with Gasteiger partial charge >= 0.3 is 0 Å². The molecule has 1 unspecified atom stereocenters. The zero-order valence-electron chi connectivity index (χ0n) is 11.7. The molecular weight excluding hydrogens is 312 g/mol. The first-order valence-electron chi connectivity index (χ1n) is 6.91. The molecule has 116 valence electrons. The van der Waals surface area contributed by atoms with Crippen molar-refractivity contribution in [3.05, 3.63) is 11.6 Å². The molecule has 1 aliphatic heterocycles. The molecular formula is C12H18N4O3S2. The Morgan fingerprint density at radius 3 is 3.10 bits per heavy atom. The van der Waals surface area contributed by atoms with E-state index in [4.69, 9.17) is 0 Å². The van der Waals surface area contributed by atoms with Gasteiger partial charge in [0.25, 0.3) is 10.0 Å². The Balaban J connectivity index is 2.08. The number of β-amino-alcohol motifs (C(OH)–C–C–N with tert-alkyl or cyclic N) is 1. The Morgan fingerprint density at radius 1 is 1.57 bits per heavy atom. The van der Waals surface area contributed by atoms with E-state index in [1.807, 2.05) is 12.3 Å². The number of aliphatic hydroxyl groups excluding tert-OH is 1. The fourth-order valence-corrected chi connectivity index (χ4v) is 5.07. The lowest BCUT2D eigenvalue weighted by Gasteiger charge is -2.29. The summed E-state index contributed by atoms with van der Waals surface area (Å²) in [6.07, 6.45) is 2.43. The number of thiazole rings is 1. The van der Waals surface area contributed by atoms with Crippen LogP contribution < -0.4 is 5.32 Å². The highest BCUT2D eigenvalue weighted by Gasteiger charge is 2.34. The number of rotatable bonds is 4. The summed E-state index contributed by atoms with van der Waals surface area (Å²) in [5.74, 6) is 0.379. The van der Waals surface area contributed by atoms with Crippen molar-refractivity contribution in [1.82, 2.24) is 13.7 Å². The fraction of sp³-hybridized carbons (Fsp3) is 0.583. The van der Waals surface area contributed by atoms with Gasteiger partial charge in [0, 0.05) is 31.2 Å². The number of nitrogens with zero attached hydrogens (tertiary/aromatic N) is 3. The van der Waals surface area contributed by atoms with E-state index in [9.17, 15) is 13.5 Å². The molecule has 0 radical (unpaired) electrons. The molecule has 0 spiro atoms. The molecule has 1 fully saturated rings. The minimum Gasteiger partial charge on any atom is -0.392 e. The molecule has 0 saturated carbocycles. The van der Waals surface area contributed by atoms with Crippen molar-refractivity contribution in [2.24, 2.45) is 0 Å². The van der Waals surface area contributed by atoms with E-state index in [2.05, 4.69) is 10.3 Å². The number of piperidine rings is 1. The number of nitrogens with one attached hydrogen (secondary N) is 1. The van der Waals surface area contributed by atoms with Crippen molar-refractivity contribution in [2.75, 3.05) is 25.0 Å². The van der Waals surface area contributed by atoms with E-state index in [0.717, 1.165) is 0 Å². The smallest absolute Gasteiger partial charge is 0.262 e. The number of hydrogen-bond donors (Lipinski definition) is 2. The molecule has 2 aromatic rings. The molecule has 2 aromatic heterocycles. The molecule has 3 rings (SSSR count). The van der Waals surface area contributed by atoms with E-state index in [-0.39, 0.29) is 11.6 Å². The summed E-state index contributed by atoms with van der Waals surface area (Å²) >= 11 is 1.39. The Bertz CT molecular complexity index is 737. The van der Waals surface area contributed by atoms with Gasteiger partial charge in [-0.05, 0) is 19.8 Å². The van der Waals surface area contributed by atoms with Crippen LogP contribution in [-0.4, -0.2) is 53.0 Å². The maximum Gasteiger partial charge on any atom is 0.262 e. The van der Waals surface area contributed by atoms with Crippen LogP contribution in [-0.2, 0) is 10.0 Å². The van der Waals surface area contributed by atoms with Crippen LogP contribution in [0.4, 0.5) is 5.82 Å². The first-order valence-corrected chi connectivity index (χ1v) is 9.23. The molecule has 21 heavy (non-hydrogen) atoms. The van der Waals surface area contributed by atoms with Gasteiger partial charge in [-0.1, -0.05) is 0 Å². The maximum atomic E-state index is 12.9. The molecule has 0 amide bonds. The second-order valence-corrected chi connectivity index (χ2v) is 7.74. The van der Waals surface area contributed by atoms with Crippen molar-refractivity contribution in [2.45, 2.75) is 30.9 Å². The van der Waals surface area contributed by atoms with Crippen molar-refractivity contribution < 1.29 is 13.5 Å². The monoisotopic (exact) mass is 330 g/mol.